The van der Waals surface area contributed by atoms with Gasteiger partial charge >= 0.3 is 5.97 Å². The predicted molar refractivity (Wildman–Crippen MR) is 150 cm³/mol. The normalized spacial score (nSPS) is 25.5. The van der Waals surface area contributed by atoms with E-state index in [-0.39, 0.29) is 12.0 Å². The highest BCUT2D eigenvalue weighted by Crippen LogP contribution is 2.44. The molecule has 2 aromatic carbocycles. The number of rotatable bonds is 7. The second-order valence-corrected chi connectivity index (χ2v) is 12.7. The fourth-order valence-electron chi connectivity index (χ4n) is 7.38. The van der Waals surface area contributed by atoms with E-state index in [1.54, 1.807) is 0 Å². The number of thiazole rings is 1. The summed E-state index contributed by atoms with van der Waals surface area (Å²) in [5, 5.41) is 11.1. The summed E-state index contributed by atoms with van der Waals surface area (Å²) in [6.45, 7) is 5.36. The van der Waals surface area contributed by atoms with Crippen LogP contribution in [0.15, 0.2) is 54.6 Å². The molecule has 3 heterocycles. The number of para-hydroxylation sites is 1. The molecule has 0 radical (unpaired) electrons. The summed E-state index contributed by atoms with van der Waals surface area (Å²) in [7, 11) is 0. The summed E-state index contributed by atoms with van der Waals surface area (Å²) in [6.07, 6.45) is 8.25. The molecule has 3 aliphatic rings. The van der Waals surface area contributed by atoms with Gasteiger partial charge in [-0.05, 0) is 62.4 Å². The van der Waals surface area contributed by atoms with Crippen molar-refractivity contribution in [2.24, 2.45) is 5.92 Å². The molecular weight excluding hydrogens is 478 g/mol. The van der Waals surface area contributed by atoms with Crippen molar-refractivity contribution in [3.05, 3.63) is 65.2 Å². The van der Waals surface area contributed by atoms with Crippen molar-refractivity contribution in [1.29, 1.82) is 0 Å². The van der Waals surface area contributed by atoms with Crippen molar-refractivity contribution in [1.82, 2.24) is 14.8 Å². The van der Waals surface area contributed by atoms with Crippen LogP contribution in [0, 0.1) is 5.92 Å². The summed E-state index contributed by atoms with van der Waals surface area (Å²) >= 11 is 1.87. The highest BCUT2D eigenvalue weighted by molar-refractivity contribution is 7.18. The molecule has 1 aliphatic carbocycles. The van der Waals surface area contributed by atoms with Crippen LogP contribution in [-0.2, 0) is 4.79 Å². The van der Waals surface area contributed by atoms with Gasteiger partial charge in [-0.25, -0.2) is 4.98 Å². The zero-order valence-corrected chi connectivity index (χ0v) is 22.5. The van der Waals surface area contributed by atoms with E-state index in [4.69, 9.17) is 4.98 Å². The number of likely N-dealkylation sites (tertiary alicyclic amines) is 2. The average Bonchev–Trinajstić information content (AvgIpc) is 3.55. The van der Waals surface area contributed by atoms with E-state index < -0.39 is 5.97 Å². The maximum atomic E-state index is 11.9. The van der Waals surface area contributed by atoms with Crippen LogP contribution in [0.2, 0.25) is 0 Å². The first kappa shape index (κ1) is 25.0. The lowest BCUT2D eigenvalue weighted by atomic mass is 9.78. The first-order valence-electron chi connectivity index (χ1n) is 14.2. The lowest BCUT2D eigenvalue weighted by molar-refractivity contribution is -0.141. The van der Waals surface area contributed by atoms with Crippen LogP contribution >= 0.6 is 11.3 Å². The summed E-state index contributed by atoms with van der Waals surface area (Å²) in [5.74, 6) is 0.933. The molecule has 5 nitrogen and oxygen atoms in total. The molecule has 2 saturated heterocycles. The highest BCUT2D eigenvalue weighted by Gasteiger charge is 2.46. The molecule has 6 heteroatoms. The average molecular weight is 518 g/mol. The second-order valence-electron chi connectivity index (χ2n) is 11.6. The van der Waals surface area contributed by atoms with Crippen LogP contribution in [0.25, 0.3) is 10.2 Å². The smallest absolute Gasteiger partial charge is 0.305 e. The van der Waals surface area contributed by atoms with Gasteiger partial charge in [0.25, 0.3) is 0 Å². The van der Waals surface area contributed by atoms with Gasteiger partial charge in [0.05, 0.1) is 21.6 Å². The minimum atomic E-state index is -0.640. The van der Waals surface area contributed by atoms with Gasteiger partial charge in [-0.15, -0.1) is 11.3 Å². The third-order valence-corrected chi connectivity index (χ3v) is 10.5. The predicted octanol–water partition coefficient (Wildman–Crippen LogP) is 6.37. The molecule has 2 atom stereocenters. The highest BCUT2D eigenvalue weighted by atomic mass is 32.1. The third-order valence-electron chi connectivity index (χ3n) is 9.34. The number of carboxylic acids is 1. The Labute approximate surface area is 224 Å². The zero-order valence-electron chi connectivity index (χ0n) is 21.7. The summed E-state index contributed by atoms with van der Waals surface area (Å²) in [5.41, 5.74) is 2.39. The van der Waals surface area contributed by atoms with E-state index in [9.17, 15) is 9.90 Å². The Hall–Kier alpha value is -2.28. The first-order valence-corrected chi connectivity index (χ1v) is 15.0. The van der Waals surface area contributed by atoms with Gasteiger partial charge < -0.3 is 10.0 Å². The number of fused-ring (bicyclic) bond motifs is 1. The Morgan fingerprint density at radius 3 is 2.43 bits per heavy atom. The minimum Gasteiger partial charge on any atom is -0.481 e. The van der Waals surface area contributed by atoms with Crippen molar-refractivity contribution < 1.29 is 9.90 Å². The number of hydrogen-bond acceptors (Lipinski definition) is 5. The number of hydrogen-bond donors (Lipinski definition) is 1. The molecule has 3 aromatic rings. The summed E-state index contributed by atoms with van der Waals surface area (Å²) in [4.78, 5) is 22.2. The van der Waals surface area contributed by atoms with Crippen LogP contribution in [0.3, 0.4) is 0 Å². The number of carbonyl (C=O) groups is 1. The van der Waals surface area contributed by atoms with Crippen molar-refractivity contribution in [3.8, 4) is 0 Å². The molecular formula is C31H39N3O2S. The van der Waals surface area contributed by atoms with Crippen molar-refractivity contribution in [2.75, 3.05) is 32.7 Å². The van der Waals surface area contributed by atoms with E-state index in [2.05, 4.69) is 64.4 Å². The Morgan fingerprint density at radius 2 is 1.70 bits per heavy atom. The number of aromatic nitrogens is 1. The van der Waals surface area contributed by atoms with Crippen molar-refractivity contribution >= 4 is 27.5 Å². The molecule has 196 valence electrons. The monoisotopic (exact) mass is 517 g/mol. The second kappa shape index (κ2) is 10.8. The summed E-state index contributed by atoms with van der Waals surface area (Å²) < 4.78 is 1.30. The van der Waals surface area contributed by atoms with E-state index in [0.717, 1.165) is 63.9 Å². The standard InChI is InChI=1S/C31H39N3O2S/c35-29(36)19-31(15-7-2-8-16-31)34-21-25(26(22-34)23-9-3-1-4-10-23)20-33-17-13-24(14-18-33)30-32-27-11-5-6-12-28(27)37-30/h1,3-6,9-12,24-26H,2,7-8,13-22H2,(H,35,36). The molecule has 2 unspecified atom stereocenters. The molecule has 1 aromatic heterocycles. The Balaban J connectivity index is 1.16. The molecule has 1 N–H and O–H groups in total. The topological polar surface area (TPSA) is 56.7 Å². The van der Waals surface area contributed by atoms with Gasteiger partial charge in [0.1, 0.15) is 0 Å². The fourth-order valence-corrected chi connectivity index (χ4v) is 8.51. The van der Waals surface area contributed by atoms with Gasteiger partial charge in [-0.3, -0.25) is 9.69 Å². The van der Waals surface area contributed by atoms with Gasteiger partial charge in [0.2, 0.25) is 0 Å². The number of piperidine rings is 1. The van der Waals surface area contributed by atoms with Gasteiger partial charge in [-0.1, -0.05) is 61.7 Å². The number of carboxylic acid groups (broad SMARTS) is 1. The number of nitrogens with zero attached hydrogens (tertiary/aromatic N) is 3. The lowest BCUT2D eigenvalue weighted by Gasteiger charge is -2.44. The van der Waals surface area contributed by atoms with Crippen LogP contribution in [0.5, 0.6) is 0 Å². The largest absolute Gasteiger partial charge is 0.481 e. The molecule has 0 bridgehead atoms. The molecule has 6 rings (SSSR count). The molecule has 0 amide bonds. The molecule has 3 fully saturated rings. The first-order chi connectivity index (χ1) is 18.1. The molecule has 1 saturated carbocycles. The zero-order chi connectivity index (χ0) is 25.2. The van der Waals surface area contributed by atoms with Crippen molar-refractivity contribution in [3.63, 3.8) is 0 Å². The molecule has 2 aliphatic heterocycles. The van der Waals surface area contributed by atoms with Crippen molar-refractivity contribution in [2.45, 2.75) is 68.7 Å². The van der Waals surface area contributed by atoms with Crippen LogP contribution in [-0.4, -0.2) is 64.1 Å². The van der Waals surface area contributed by atoms with E-state index in [0.29, 0.717) is 17.8 Å². The third kappa shape index (κ3) is 5.34. The Morgan fingerprint density at radius 1 is 0.973 bits per heavy atom. The van der Waals surface area contributed by atoms with Crippen LogP contribution in [0.4, 0.5) is 0 Å². The SMILES string of the molecule is O=C(O)CC1(N2CC(CN3CCC(c4nc5ccccc5s4)CC3)C(c3ccccc3)C2)CCCCC1. The summed E-state index contributed by atoms with van der Waals surface area (Å²) in [6, 6.07) is 19.5. The maximum absolute atomic E-state index is 11.9. The lowest BCUT2D eigenvalue weighted by Crippen LogP contribution is -2.50. The number of benzene rings is 2. The fraction of sp³-hybridized carbons (Fsp3) is 0.548. The quantitative estimate of drug-likeness (QED) is 0.395. The van der Waals surface area contributed by atoms with E-state index >= 15 is 0 Å². The minimum absolute atomic E-state index is 0.161. The molecule has 0 spiro atoms. The van der Waals surface area contributed by atoms with E-state index in [1.165, 1.54) is 34.5 Å². The van der Waals surface area contributed by atoms with E-state index in [1.807, 2.05) is 11.3 Å². The van der Waals surface area contributed by atoms with Crippen LogP contribution < -0.4 is 0 Å². The Bertz CT molecular complexity index is 1160. The molecule has 37 heavy (non-hydrogen) atoms. The van der Waals surface area contributed by atoms with Gasteiger partial charge in [0, 0.05) is 37.0 Å². The Kier molecular flexibility index (Phi) is 7.33. The van der Waals surface area contributed by atoms with Gasteiger partial charge in [0.15, 0.2) is 0 Å². The van der Waals surface area contributed by atoms with Gasteiger partial charge in [-0.2, -0.15) is 0 Å². The maximum Gasteiger partial charge on any atom is 0.305 e. The number of aliphatic carboxylic acids is 1. The van der Waals surface area contributed by atoms with Crippen LogP contribution in [0.1, 0.15) is 73.8 Å².